The van der Waals surface area contributed by atoms with Crippen molar-refractivity contribution in [2.45, 2.75) is 61.7 Å². The maximum absolute atomic E-state index is 13.8. The molecule has 0 spiro atoms. The summed E-state index contributed by atoms with van der Waals surface area (Å²) in [6, 6.07) is 6.14. The molecular weight excluding hydrogens is 594 g/mol. The summed E-state index contributed by atoms with van der Waals surface area (Å²) in [5, 5.41) is -5.88. The smallest absolute Gasteiger partial charge is 0.396 e. The maximum Gasteiger partial charge on any atom is 0.396 e. The van der Waals surface area contributed by atoms with E-state index < -0.39 is 82.4 Å². The van der Waals surface area contributed by atoms with Gasteiger partial charge >= 0.3 is 23.1 Å². The first-order valence-electron chi connectivity index (χ1n) is 13.1. The molecule has 230 valence electrons. The van der Waals surface area contributed by atoms with Crippen LogP contribution in [0.1, 0.15) is 65.7 Å². The van der Waals surface area contributed by atoms with Crippen LogP contribution in [0.4, 0.5) is 17.6 Å². The predicted octanol–water partition coefficient (Wildman–Crippen LogP) is 2.85. The fraction of sp³-hybridized carbons (Fsp3) is 0.615. The van der Waals surface area contributed by atoms with Crippen LogP contribution < -0.4 is 0 Å². The van der Waals surface area contributed by atoms with Crippen LogP contribution in [0.15, 0.2) is 24.3 Å². The Hall–Kier alpha value is -3.11. The van der Waals surface area contributed by atoms with Gasteiger partial charge in [-0.15, -0.1) is 0 Å². The molecule has 1 aromatic carbocycles. The Morgan fingerprint density at radius 1 is 0.976 bits per heavy atom. The molecule has 4 fully saturated rings. The van der Waals surface area contributed by atoms with E-state index in [4.69, 9.17) is 14.2 Å². The summed E-state index contributed by atoms with van der Waals surface area (Å²) in [6.07, 6.45) is 0.607. The highest BCUT2D eigenvalue weighted by atomic mass is 32.2. The van der Waals surface area contributed by atoms with Crippen molar-refractivity contribution >= 4 is 33.9 Å². The zero-order valence-corrected chi connectivity index (χ0v) is 22.8. The molecule has 4 saturated carbocycles. The van der Waals surface area contributed by atoms with Crippen molar-refractivity contribution in [2.75, 3.05) is 19.9 Å². The number of rotatable bonds is 11. The van der Waals surface area contributed by atoms with Crippen LogP contribution in [0.3, 0.4) is 0 Å². The molecular formula is C26H26F4NO10S-. The lowest BCUT2D eigenvalue weighted by Crippen LogP contribution is -2.60. The topological polar surface area (TPSA) is 156 Å². The van der Waals surface area contributed by atoms with E-state index in [1.165, 1.54) is 12.1 Å². The lowest BCUT2D eigenvalue weighted by Gasteiger charge is -2.60. The normalized spacial score (nSPS) is 28.6. The summed E-state index contributed by atoms with van der Waals surface area (Å²) < 4.78 is 102. The van der Waals surface area contributed by atoms with Crippen molar-refractivity contribution in [2.24, 2.45) is 17.3 Å². The number of esters is 2. The molecule has 0 radical (unpaired) electrons. The van der Waals surface area contributed by atoms with Gasteiger partial charge in [-0.1, -0.05) is 12.1 Å². The SMILES string of the molecule is O=C(COC12CC3CC(C1)CC(C(=O)OCCC(F)(F)C(F)(F)S(=O)(=O)[O-])(C3)C2)OCN1C(=O)c2ccccc2C1=O. The monoisotopic (exact) mass is 620 g/mol. The van der Waals surface area contributed by atoms with Crippen LogP contribution in [-0.4, -0.2) is 78.3 Å². The molecule has 2 unspecified atom stereocenters. The Labute approximate surface area is 237 Å². The highest BCUT2D eigenvalue weighted by Gasteiger charge is 2.63. The second-order valence-electron chi connectivity index (χ2n) is 11.5. The number of hydrogen-bond acceptors (Lipinski definition) is 10. The molecule has 6 rings (SSSR count). The second kappa shape index (κ2) is 10.3. The third kappa shape index (κ3) is 5.17. The van der Waals surface area contributed by atoms with Crippen molar-refractivity contribution in [3.05, 3.63) is 35.4 Å². The number of carbonyl (C=O) groups excluding carboxylic acids is 4. The fourth-order valence-electron chi connectivity index (χ4n) is 7.09. The van der Waals surface area contributed by atoms with Gasteiger partial charge in [0.2, 0.25) is 0 Å². The standard InChI is InChI=1S/C26H27F4NO10S/c27-25(28,26(29,30)42(36,37)38)5-6-39-22(35)23-8-15-7-16(9-23)11-24(10-15,13-23)41-12-19(32)40-14-31-20(33)17-3-1-2-4-18(17)21(31)34/h1-4,15-16H,5-14H2,(H,36,37,38)/p-1. The van der Waals surface area contributed by atoms with Gasteiger partial charge in [0.25, 0.3) is 11.8 Å². The summed E-state index contributed by atoms with van der Waals surface area (Å²) in [7, 11) is -6.66. The van der Waals surface area contributed by atoms with Gasteiger partial charge in [0.1, 0.15) is 6.61 Å². The summed E-state index contributed by atoms with van der Waals surface area (Å²) in [6.45, 7) is -2.43. The third-order valence-electron chi connectivity index (χ3n) is 8.56. The number of carbonyl (C=O) groups is 4. The zero-order valence-electron chi connectivity index (χ0n) is 22.0. The van der Waals surface area contributed by atoms with Crippen molar-refractivity contribution in [3.63, 3.8) is 0 Å². The lowest BCUT2D eigenvalue weighted by atomic mass is 9.48. The van der Waals surface area contributed by atoms with Gasteiger partial charge in [-0.25, -0.2) is 18.1 Å². The van der Waals surface area contributed by atoms with E-state index >= 15 is 0 Å². The first-order valence-corrected chi connectivity index (χ1v) is 14.5. The number of imide groups is 1. The van der Waals surface area contributed by atoms with E-state index in [2.05, 4.69) is 0 Å². The van der Waals surface area contributed by atoms with E-state index in [1.807, 2.05) is 0 Å². The number of benzene rings is 1. The molecule has 2 atom stereocenters. The fourth-order valence-corrected chi connectivity index (χ4v) is 7.55. The maximum atomic E-state index is 13.8. The molecule has 42 heavy (non-hydrogen) atoms. The number of nitrogens with zero attached hydrogens (tertiary/aromatic N) is 1. The number of amides is 2. The quantitative estimate of drug-likeness (QED) is 0.156. The average molecular weight is 621 g/mol. The molecule has 16 heteroatoms. The first-order chi connectivity index (χ1) is 19.5. The molecule has 5 aliphatic rings. The molecule has 1 aliphatic heterocycles. The van der Waals surface area contributed by atoms with Crippen LogP contribution in [0.5, 0.6) is 0 Å². The molecule has 0 aromatic heterocycles. The van der Waals surface area contributed by atoms with Gasteiger partial charge in [-0.3, -0.25) is 14.4 Å². The highest BCUT2D eigenvalue weighted by Crippen LogP contribution is 2.63. The van der Waals surface area contributed by atoms with Gasteiger partial charge < -0.3 is 18.8 Å². The summed E-state index contributed by atoms with van der Waals surface area (Å²) in [5.41, 5.74) is -1.76. The molecule has 4 aliphatic carbocycles. The van der Waals surface area contributed by atoms with Crippen LogP contribution >= 0.6 is 0 Å². The van der Waals surface area contributed by atoms with Crippen molar-refractivity contribution in [1.82, 2.24) is 4.90 Å². The minimum atomic E-state index is -6.66. The minimum absolute atomic E-state index is 0.0236. The summed E-state index contributed by atoms with van der Waals surface area (Å²) in [5.74, 6) is -8.32. The van der Waals surface area contributed by atoms with Crippen LogP contribution in [-0.2, 0) is 33.9 Å². The van der Waals surface area contributed by atoms with Crippen LogP contribution in [0.25, 0.3) is 0 Å². The Morgan fingerprint density at radius 2 is 1.55 bits per heavy atom. The molecule has 0 N–H and O–H groups in total. The lowest BCUT2D eigenvalue weighted by molar-refractivity contribution is -0.216. The highest BCUT2D eigenvalue weighted by molar-refractivity contribution is 7.86. The largest absolute Gasteiger partial charge is 0.743 e. The summed E-state index contributed by atoms with van der Waals surface area (Å²) in [4.78, 5) is 51.2. The molecule has 2 amide bonds. The average Bonchev–Trinajstić information content (AvgIpc) is 3.14. The van der Waals surface area contributed by atoms with Gasteiger partial charge in [0.15, 0.2) is 16.8 Å². The van der Waals surface area contributed by atoms with E-state index in [0.717, 1.165) is 11.3 Å². The van der Waals surface area contributed by atoms with E-state index in [1.54, 1.807) is 12.1 Å². The molecule has 11 nitrogen and oxygen atoms in total. The van der Waals surface area contributed by atoms with Gasteiger partial charge in [0, 0.05) is 0 Å². The van der Waals surface area contributed by atoms with Crippen LogP contribution in [0, 0.1) is 17.3 Å². The van der Waals surface area contributed by atoms with Crippen molar-refractivity contribution in [3.8, 4) is 0 Å². The Morgan fingerprint density at radius 3 is 2.10 bits per heavy atom. The summed E-state index contributed by atoms with van der Waals surface area (Å²) >= 11 is 0. The minimum Gasteiger partial charge on any atom is -0.743 e. The molecule has 1 aromatic rings. The van der Waals surface area contributed by atoms with Gasteiger partial charge in [0.05, 0.1) is 35.2 Å². The number of fused-ring (bicyclic) bond motifs is 1. The van der Waals surface area contributed by atoms with Gasteiger partial charge in [-0.2, -0.15) is 17.6 Å². The second-order valence-corrected chi connectivity index (χ2v) is 12.9. The molecule has 1 heterocycles. The zero-order chi connectivity index (χ0) is 30.7. The Kier molecular flexibility index (Phi) is 7.41. The van der Waals surface area contributed by atoms with E-state index in [9.17, 15) is 49.7 Å². The third-order valence-corrected chi connectivity index (χ3v) is 9.49. The predicted molar refractivity (Wildman–Crippen MR) is 129 cm³/mol. The number of hydrogen-bond donors (Lipinski definition) is 0. The Balaban J connectivity index is 1.17. The molecule has 4 bridgehead atoms. The molecule has 0 saturated heterocycles. The Bertz CT molecular complexity index is 1380. The van der Waals surface area contributed by atoms with E-state index in [-0.39, 0.29) is 29.4 Å². The first kappa shape index (κ1) is 30.4. The van der Waals surface area contributed by atoms with Gasteiger partial charge in [-0.05, 0) is 62.5 Å². The van der Waals surface area contributed by atoms with Crippen LogP contribution in [0.2, 0.25) is 0 Å². The van der Waals surface area contributed by atoms with E-state index in [0.29, 0.717) is 25.7 Å². The van der Waals surface area contributed by atoms with Crippen molar-refractivity contribution in [1.29, 1.82) is 0 Å². The number of alkyl halides is 4. The number of halogens is 4. The van der Waals surface area contributed by atoms with Crippen molar-refractivity contribution < 1.29 is 63.9 Å². The number of ether oxygens (including phenoxy) is 3.